The van der Waals surface area contributed by atoms with Crippen molar-refractivity contribution in [1.82, 2.24) is 5.32 Å². The zero-order chi connectivity index (χ0) is 12.5. The summed E-state index contributed by atoms with van der Waals surface area (Å²) in [4.78, 5) is 0. The van der Waals surface area contributed by atoms with Crippen molar-refractivity contribution in [2.45, 2.75) is 18.4 Å². The highest BCUT2D eigenvalue weighted by atomic mass is 35.5. The molecule has 0 spiro atoms. The number of benzene rings is 2. The standard InChI is InChI=1S/C16H16ClN/c1-18-16-10-15(11-5-4-6-12(17)9-11)13-7-2-3-8-14(13)16/h2-9,15-16,18H,10H2,1H3/t15-,16+/m0/s1. The summed E-state index contributed by atoms with van der Waals surface area (Å²) in [5, 5.41) is 4.22. The predicted octanol–water partition coefficient (Wildman–Crippen LogP) is 4.14. The second kappa shape index (κ2) is 4.75. The van der Waals surface area contributed by atoms with Crippen LogP contribution in [0, 0.1) is 0 Å². The van der Waals surface area contributed by atoms with Crippen LogP contribution in [0.3, 0.4) is 0 Å². The van der Waals surface area contributed by atoms with Crippen LogP contribution in [0.5, 0.6) is 0 Å². The topological polar surface area (TPSA) is 12.0 Å². The lowest BCUT2D eigenvalue weighted by atomic mass is 9.93. The van der Waals surface area contributed by atoms with E-state index in [9.17, 15) is 0 Å². The zero-order valence-electron chi connectivity index (χ0n) is 10.4. The first-order valence-corrected chi connectivity index (χ1v) is 6.69. The molecule has 0 radical (unpaired) electrons. The van der Waals surface area contributed by atoms with E-state index in [2.05, 4.69) is 41.7 Å². The van der Waals surface area contributed by atoms with Crippen molar-refractivity contribution in [1.29, 1.82) is 0 Å². The lowest BCUT2D eigenvalue weighted by Gasteiger charge is -2.12. The average molecular weight is 258 g/mol. The van der Waals surface area contributed by atoms with Crippen LogP contribution in [0.25, 0.3) is 0 Å². The van der Waals surface area contributed by atoms with Gasteiger partial charge in [-0.25, -0.2) is 0 Å². The minimum Gasteiger partial charge on any atom is -0.313 e. The fourth-order valence-corrected chi connectivity index (χ4v) is 3.15. The molecule has 0 heterocycles. The van der Waals surface area contributed by atoms with Gasteiger partial charge in [0.05, 0.1) is 0 Å². The van der Waals surface area contributed by atoms with E-state index >= 15 is 0 Å². The quantitative estimate of drug-likeness (QED) is 0.853. The van der Waals surface area contributed by atoms with Crippen molar-refractivity contribution < 1.29 is 0 Å². The monoisotopic (exact) mass is 257 g/mol. The van der Waals surface area contributed by atoms with Crippen LogP contribution in [0.1, 0.15) is 35.1 Å². The first kappa shape index (κ1) is 11.8. The Balaban J connectivity index is 2.05. The number of hydrogen-bond acceptors (Lipinski definition) is 1. The molecule has 0 amide bonds. The van der Waals surface area contributed by atoms with Gasteiger partial charge in [-0.1, -0.05) is 48.0 Å². The van der Waals surface area contributed by atoms with Gasteiger partial charge >= 0.3 is 0 Å². The maximum Gasteiger partial charge on any atom is 0.0408 e. The Hall–Kier alpha value is -1.31. The van der Waals surface area contributed by atoms with Gasteiger partial charge in [0, 0.05) is 17.0 Å². The van der Waals surface area contributed by atoms with Crippen LogP contribution in [0.15, 0.2) is 48.5 Å². The lowest BCUT2D eigenvalue weighted by molar-refractivity contribution is 0.564. The molecule has 2 aromatic carbocycles. The molecular formula is C16H16ClN. The molecule has 2 heteroatoms. The summed E-state index contributed by atoms with van der Waals surface area (Å²) < 4.78 is 0. The largest absolute Gasteiger partial charge is 0.313 e. The van der Waals surface area contributed by atoms with Gasteiger partial charge < -0.3 is 5.32 Å². The van der Waals surface area contributed by atoms with Gasteiger partial charge in [-0.15, -0.1) is 0 Å². The molecule has 92 valence electrons. The molecule has 3 rings (SSSR count). The van der Waals surface area contributed by atoms with Crippen molar-refractivity contribution in [3.05, 3.63) is 70.2 Å². The molecule has 1 nitrogen and oxygen atoms in total. The smallest absolute Gasteiger partial charge is 0.0408 e. The molecule has 0 aliphatic heterocycles. The van der Waals surface area contributed by atoms with E-state index in [4.69, 9.17) is 11.6 Å². The van der Waals surface area contributed by atoms with E-state index in [-0.39, 0.29) is 0 Å². The van der Waals surface area contributed by atoms with Gasteiger partial charge in [0.2, 0.25) is 0 Å². The van der Waals surface area contributed by atoms with Gasteiger partial charge in [-0.2, -0.15) is 0 Å². The highest BCUT2D eigenvalue weighted by Crippen LogP contribution is 2.43. The van der Waals surface area contributed by atoms with Crippen molar-refractivity contribution >= 4 is 11.6 Å². The summed E-state index contributed by atoms with van der Waals surface area (Å²) in [5.74, 6) is 0.456. The minimum atomic E-state index is 0.449. The summed E-state index contributed by atoms with van der Waals surface area (Å²) in [6.07, 6.45) is 1.11. The maximum atomic E-state index is 6.10. The number of halogens is 1. The second-order valence-electron chi connectivity index (χ2n) is 4.81. The van der Waals surface area contributed by atoms with E-state index in [1.54, 1.807) is 0 Å². The van der Waals surface area contributed by atoms with E-state index in [1.807, 2.05) is 19.2 Å². The molecule has 1 aliphatic rings. The normalized spacial score (nSPS) is 21.9. The Morgan fingerprint density at radius 3 is 2.56 bits per heavy atom. The summed E-state index contributed by atoms with van der Waals surface area (Å²) in [6, 6.07) is 17.4. The molecule has 2 atom stereocenters. The first-order chi connectivity index (χ1) is 8.79. The van der Waals surface area contributed by atoms with Gasteiger partial charge in [-0.05, 0) is 42.3 Å². The molecular weight excluding hydrogens is 242 g/mol. The van der Waals surface area contributed by atoms with Gasteiger partial charge in [0.1, 0.15) is 0 Å². The average Bonchev–Trinajstić information content (AvgIpc) is 2.77. The number of fused-ring (bicyclic) bond motifs is 1. The van der Waals surface area contributed by atoms with E-state index in [0.29, 0.717) is 12.0 Å². The maximum absolute atomic E-state index is 6.10. The SMILES string of the molecule is CN[C@@H]1C[C@@H](c2cccc(Cl)c2)c2ccccc21. The van der Waals surface area contributed by atoms with Gasteiger partial charge in [-0.3, -0.25) is 0 Å². The van der Waals surface area contributed by atoms with E-state index in [0.717, 1.165) is 11.4 Å². The van der Waals surface area contributed by atoms with Crippen molar-refractivity contribution in [3.63, 3.8) is 0 Å². The van der Waals surface area contributed by atoms with Crippen molar-refractivity contribution in [3.8, 4) is 0 Å². The van der Waals surface area contributed by atoms with Crippen molar-refractivity contribution in [2.24, 2.45) is 0 Å². The summed E-state index contributed by atoms with van der Waals surface area (Å²) in [6.45, 7) is 0. The molecule has 2 aromatic rings. The fraction of sp³-hybridized carbons (Fsp3) is 0.250. The van der Waals surface area contributed by atoms with E-state index in [1.165, 1.54) is 16.7 Å². The summed E-state index contributed by atoms with van der Waals surface area (Å²) in [7, 11) is 2.03. The number of rotatable bonds is 2. The third-order valence-corrected chi connectivity index (χ3v) is 4.05. The molecule has 0 bridgehead atoms. The number of hydrogen-bond donors (Lipinski definition) is 1. The van der Waals surface area contributed by atoms with Crippen LogP contribution < -0.4 is 5.32 Å². The third kappa shape index (κ3) is 1.94. The predicted molar refractivity (Wildman–Crippen MR) is 76.2 cm³/mol. The summed E-state index contributed by atoms with van der Waals surface area (Å²) >= 11 is 6.10. The zero-order valence-corrected chi connectivity index (χ0v) is 11.1. The van der Waals surface area contributed by atoms with Crippen LogP contribution in [0.2, 0.25) is 5.02 Å². The second-order valence-corrected chi connectivity index (χ2v) is 5.25. The Labute approximate surface area is 113 Å². The lowest BCUT2D eigenvalue weighted by Crippen LogP contribution is -2.13. The first-order valence-electron chi connectivity index (χ1n) is 6.31. The van der Waals surface area contributed by atoms with Gasteiger partial charge in [0.15, 0.2) is 0 Å². The van der Waals surface area contributed by atoms with Crippen LogP contribution in [-0.4, -0.2) is 7.05 Å². The minimum absolute atomic E-state index is 0.449. The number of nitrogens with one attached hydrogen (secondary N) is 1. The van der Waals surface area contributed by atoms with Gasteiger partial charge in [0.25, 0.3) is 0 Å². The molecule has 0 aromatic heterocycles. The van der Waals surface area contributed by atoms with Crippen LogP contribution in [-0.2, 0) is 0 Å². The molecule has 0 unspecified atom stereocenters. The Bertz CT molecular complexity index is 565. The molecule has 1 aliphatic carbocycles. The fourth-order valence-electron chi connectivity index (χ4n) is 2.95. The third-order valence-electron chi connectivity index (χ3n) is 3.82. The Morgan fingerprint density at radius 1 is 1.06 bits per heavy atom. The summed E-state index contributed by atoms with van der Waals surface area (Å²) in [5.41, 5.74) is 4.16. The molecule has 0 fully saturated rings. The molecule has 0 saturated heterocycles. The highest BCUT2D eigenvalue weighted by Gasteiger charge is 2.30. The Morgan fingerprint density at radius 2 is 1.83 bits per heavy atom. The molecule has 0 saturated carbocycles. The Kier molecular flexibility index (Phi) is 3.11. The molecule has 18 heavy (non-hydrogen) atoms. The van der Waals surface area contributed by atoms with Crippen LogP contribution >= 0.6 is 11.6 Å². The molecule has 1 N–H and O–H groups in total. The van der Waals surface area contributed by atoms with E-state index < -0.39 is 0 Å². The highest BCUT2D eigenvalue weighted by molar-refractivity contribution is 6.30. The van der Waals surface area contributed by atoms with Crippen molar-refractivity contribution in [2.75, 3.05) is 7.05 Å². The van der Waals surface area contributed by atoms with Crippen LogP contribution in [0.4, 0.5) is 0 Å².